The molecule has 4 rings (SSSR count). The molecule has 1 N–H and O–H groups in total. The van der Waals surface area contributed by atoms with Crippen molar-refractivity contribution in [1.82, 2.24) is 5.06 Å². The Hall–Kier alpha value is -2.53. The van der Waals surface area contributed by atoms with Gasteiger partial charge in [0.15, 0.2) is 0 Å². The molecule has 2 saturated heterocycles. The number of aryl methyl sites for hydroxylation is 1. The highest BCUT2D eigenvalue weighted by Crippen LogP contribution is 2.37. The van der Waals surface area contributed by atoms with Crippen LogP contribution in [0.2, 0.25) is 0 Å². The Morgan fingerprint density at radius 1 is 0.960 bits per heavy atom. The molecule has 0 radical (unpaired) electrons. The fraction of sp³-hybridized carbons (Fsp3) is 0.350. The van der Waals surface area contributed by atoms with Crippen LogP contribution in [0.15, 0.2) is 48.5 Å². The second kappa shape index (κ2) is 6.08. The van der Waals surface area contributed by atoms with Crippen molar-refractivity contribution in [2.75, 3.05) is 29.9 Å². The number of hydrogen-bond acceptors (Lipinski definition) is 4. The number of anilines is 2. The maximum Gasteiger partial charge on any atom is 0.276 e. The highest BCUT2D eigenvalue weighted by Gasteiger charge is 2.43. The Balaban J connectivity index is 1.47. The number of nitrogens with zero attached hydrogens (tertiary/aromatic N) is 3. The first kappa shape index (κ1) is 16.0. The lowest BCUT2D eigenvalue weighted by atomic mass is 10.1. The van der Waals surface area contributed by atoms with Crippen LogP contribution < -0.4 is 9.80 Å². The Morgan fingerprint density at radius 3 is 1.88 bits per heavy atom. The number of benzene rings is 2. The maximum atomic E-state index is 11.8. The van der Waals surface area contributed by atoms with E-state index in [1.165, 1.54) is 24.7 Å². The first-order valence-electron chi connectivity index (χ1n) is 8.70. The minimum absolute atomic E-state index is 0.389. The van der Waals surface area contributed by atoms with E-state index < -0.39 is 0 Å². The predicted molar refractivity (Wildman–Crippen MR) is 98.4 cm³/mol. The van der Waals surface area contributed by atoms with E-state index in [2.05, 4.69) is 41.0 Å². The van der Waals surface area contributed by atoms with Gasteiger partial charge >= 0.3 is 0 Å². The molecule has 2 fully saturated rings. The summed E-state index contributed by atoms with van der Waals surface area (Å²) in [5, 5.41) is 9.88. The molecule has 130 valence electrons. The van der Waals surface area contributed by atoms with Gasteiger partial charge in [-0.3, -0.25) is 10.0 Å². The lowest BCUT2D eigenvalue weighted by Crippen LogP contribution is -2.46. The van der Waals surface area contributed by atoms with Gasteiger partial charge in [0.1, 0.15) is 0 Å². The highest BCUT2D eigenvalue weighted by atomic mass is 16.5. The van der Waals surface area contributed by atoms with Gasteiger partial charge in [-0.25, -0.2) is 5.06 Å². The average Bonchev–Trinajstić information content (AvgIpc) is 3.22. The van der Waals surface area contributed by atoms with Gasteiger partial charge < -0.3 is 9.80 Å². The summed E-state index contributed by atoms with van der Waals surface area (Å²) >= 11 is 0. The van der Waals surface area contributed by atoms with Crippen molar-refractivity contribution >= 4 is 17.3 Å². The minimum Gasteiger partial charge on any atom is -0.365 e. The highest BCUT2D eigenvalue weighted by molar-refractivity contribution is 5.93. The van der Waals surface area contributed by atoms with Gasteiger partial charge in [0.05, 0.1) is 0 Å². The number of carbonyl (C=O) groups is 1. The number of carbonyl (C=O) groups excluding carboxylic acids is 1. The predicted octanol–water partition coefficient (Wildman–Crippen LogP) is 2.92. The summed E-state index contributed by atoms with van der Waals surface area (Å²) in [6.07, 6.45) is 1.17. The Bertz CT molecular complexity index is 771. The molecule has 25 heavy (non-hydrogen) atoms. The van der Waals surface area contributed by atoms with Crippen LogP contribution in [0.25, 0.3) is 0 Å². The monoisotopic (exact) mass is 337 g/mol. The smallest absolute Gasteiger partial charge is 0.276 e. The number of amides is 1. The zero-order valence-electron chi connectivity index (χ0n) is 14.6. The zero-order valence-corrected chi connectivity index (χ0v) is 14.6. The SMILES string of the molecule is Cc1ccc(N2CC3CC2CN3c2ccc(C(=O)N(C)O)cc2)cc1. The van der Waals surface area contributed by atoms with Crippen LogP contribution in [-0.2, 0) is 0 Å². The Morgan fingerprint density at radius 2 is 1.44 bits per heavy atom. The summed E-state index contributed by atoms with van der Waals surface area (Å²) < 4.78 is 0. The van der Waals surface area contributed by atoms with Crippen LogP contribution in [-0.4, -0.2) is 48.4 Å². The summed E-state index contributed by atoms with van der Waals surface area (Å²) in [6.45, 7) is 4.16. The standard InChI is InChI=1S/C20H23N3O2/c1-14-3-7-16(8-4-14)22-12-19-11-18(22)13-23(19)17-9-5-15(6-10-17)20(24)21(2)25/h3-10,18-19,25H,11-13H2,1-2H3. The van der Waals surface area contributed by atoms with E-state index in [0.717, 1.165) is 18.8 Å². The van der Waals surface area contributed by atoms with E-state index in [1.54, 1.807) is 12.1 Å². The van der Waals surface area contributed by atoms with Crippen molar-refractivity contribution in [2.24, 2.45) is 0 Å². The van der Waals surface area contributed by atoms with Crippen molar-refractivity contribution < 1.29 is 10.0 Å². The molecular formula is C20H23N3O2. The average molecular weight is 337 g/mol. The molecule has 2 aromatic rings. The zero-order chi connectivity index (χ0) is 17.6. The summed E-state index contributed by atoms with van der Waals surface area (Å²) in [6, 6.07) is 17.4. The summed E-state index contributed by atoms with van der Waals surface area (Å²) in [5.41, 5.74) is 4.25. The molecule has 2 bridgehead atoms. The third-order valence-corrected chi connectivity index (χ3v) is 5.35. The number of hydrogen-bond donors (Lipinski definition) is 1. The third-order valence-electron chi connectivity index (χ3n) is 5.35. The van der Waals surface area contributed by atoms with Crippen LogP contribution in [0, 0.1) is 6.92 Å². The van der Waals surface area contributed by atoms with Gasteiger partial charge in [0, 0.05) is 49.2 Å². The van der Waals surface area contributed by atoms with Gasteiger partial charge in [0.25, 0.3) is 5.91 Å². The first-order valence-corrected chi connectivity index (χ1v) is 8.70. The van der Waals surface area contributed by atoms with Gasteiger partial charge in [-0.15, -0.1) is 0 Å². The van der Waals surface area contributed by atoms with Gasteiger partial charge in [-0.2, -0.15) is 0 Å². The molecule has 0 saturated carbocycles. The molecule has 5 heteroatoms. The Kier molecular flexibility index (Phi) is 3.88. The summed E-state index contributed by atoms with van der Waals surface area (Å²) in [5.74, 6) is -0.389. The van der Waals surface area contributed by atoms with Crippen LogP contribution >= 0.6 is 0 Å². The van der Waals surface area contributed by atoms with Crippen molar-refractivity contribution in [3.05, 3.63) is 59.7 Å². The third kappa shape index (κ3) is 2.85. The number of piperazine rings is 1. The van der Waals surface area contributed by atoms with Crippen molar-refractivity contribution in [3.63, 3.8) is 0 Å². The van der Waals surface area contributed by atoms with Crippen LogP contribution in [0.5, 0.6) is 0 Å². The van der Waals surface area contributed by atoms with Crippen LogP contribution in [0.4, 0.5) is 11.4 Å². The normalized spacial score (nSPS) is 21.7. The minimum atomic E-state index is -0.389. The first-order chi connectivity index (χ1) is 12.0. The molecular weight excluding hydrogens is 314 g/mol. The van der Waals surface area contributed by atoms with Crippen molar-refractivity contribution in [2.45, 2.75) is 25.4 Å². The van der Waals surface area contributed by atoms with Gasteiger partial charge in [-0.1, -0.05) is 17.7 Å². The van der Waals surface area contributed by atoms with Gasteiger partial charge in [-0.05, 0) is 49.7 Å². The molecule has 2 unspecified atom stereocenters. The molecule has 2 aliphatic rings. The van der Waals surface area contributed by atoms with E-state index in [1.807, 2.05) is 12.1 Å². The van der Waals surface area contributed by atoms with Crippen molar-refractivity contribution in [3.8, 4) is 0 Å². The topological polar surface area (TPSA) is 47.0 Å². The van der Waals surface area contributed by atoms with E-state index >= 15 is 0 Å². The second-order valence-electron chi connectivity index (χ2n) is 7.06. The summed E-state index contributed by atoms with van der Waals surface area (Å²) in [4.78, 5) is 16.7. The molecule has 5 nitrogen and oxygen atoms in total. The molecule has 2 heterocycles. The fourth-order valence-electron chi connectivity index (χ4n) is 4.02. The number of hydroxylamine groups is 2. The van der Waals surface area contributed by atoms with Gasteiger partial charge in [0.2, 0.25) is 0 Å². The number of fused-ring (bicyclic) bond motifs is 2. The molecule has 1 amide bonds. The van der Waals surface area contributed by atoms with Crippen LogP contribution in [0.3, 0.4) is 0 Å². The van der Waals surface area contributed by atoms with E-state index in [-0.39, 0.29) is 5.91 Å². The van der Waals surface area contributed by atoms with E-state index in [0.29, 0.717) is 22.7 Å². The molecule has 2 atom stereocenters. The maximum absolute atomic E-state index is 11.8. The lowest BCUT2D eigenvalue weighted by molar-refractivity contribution is -0.0374. The molecule has 0 aliphatic carbocycles. The van der Waals surface area contributed by atoms with E-state index in [4.69, 9.17) is 0 Å². The van der Waals surface area contributed by atoms with Crippen LogP contribution in [0.1, 0.15) is 22.3 Å². The molecule has 0 spiro atoms. The largest absolute Gasteiger partial charge is 0.365 e. The lowest BCUT2D eigenvalue weighted by Gasteiger charge is -2.37. The van der Waals surface area contributed by atoms with Crippen molar-refractivity contribution in [1.29, 1.82) is 0 Å². The quantitative estimate of drug-likeness (QED) is 0.691. The molecule has 0 aromatic heterocycles. The molecule has 2 aromatic carbocycles. The second-order valence-corrected chi connectivity index (χ2v) is 7.06. The summed E-state index contributed by atoms with van der Waals surface area (Å²) in [7, 11) is 1.34. The molecule has 2 aliphatic heterocycles. The number of rotatable bonds is 3. The fourth-order valence-corrected chi connectivity index (χ4v) is 4.02. The van der Waals surface area contributed by atoms with E-state index in [9.17, 15) is 10.0 Å². The Labute approximate surface area is 148 Å².